The number of rotatable bonds is 2. The maximum absolute atomic E-state index is 2.72. The SMILES string of the molecule is CN1CCCC(CN2CCCCCC2)C1. The Bertz CT molecular complexity index is 173. The molecule has 0 aromatic carbocycles. The number of likely N-dealkylation sites (tertiary alicyclic amines) is 2. The Morgan fingerprint density at radius 1 is 0.933 bits per heavy atom. The summed E-state index contributed by atoms with van der Waals surface area (Å²) in [6, 6.07) is 0. The second kappa shape index (κ2) is 5.86. The van der Waals surface area contributed by atoms with Gasteiger partial charge < -0.3 is 9.80 Å². The van der Waals surface area contributed by atoms with Crippen molar-refractivity contribution in [2.75, 3.05) is 39.8 Å². The first kappa shape index (κ1) is 11.4. The van der Waals surface area contributed by atoms with Crippen molar-refractivity contribution in [3.8, 4) is 0 Å². The van der Waals surface area contributed by atoms with Gasteiger partial charge >= 0.3 is 0 Å². The average molecular weight is 210 g/mol. The molecule has 15 heavy (non-hydrogen) atoms. The fourth-order valence-electron chi connectivity index (χ4n) is 3.11. The third-order valence-corrected chi connectivity index (χ3v) is 3.94. The zero-order valence-electron chi connectivity index (χ0n) is 10.2. The molecule has 2 heteroatoms. The van der Waals surface area contributed by atoms with Crippen LogP contribution in [0.5, 0.6) is 0 Å². The molecule has 0 aliphatic carbocycles. The first-order valence-corrected chi connectivity index (χ1v) is 6.75. The summed E-state index contributed by atoms with van der Waals surface area (Å²) in [7, 11) is 2.27. The number of hydrogen-bond acceptors (Lipinski definition) is 2. The lowest BCUT2D eigenvalue weighted by Gasteiger charge is -2.33. The summed E-state index contributed by atoms with van der Waals surface area (Å²) in [5.41, 5.74) is 0. The smallest absolute Gasteiger partial charge is 0.00219 e. The Labute approximate surface area is 94.6 Å². The van der Waals surface area contributed by atoms with Crippen LogP contribution in [-0.2, 0) is 0 Å². The van der Waals surface area contributed by atoms with Crippen LogP contribution in [0.15, 0.2) is 0 Å². The molecule has 0 N–H and O–H groups in total. The van der Waals surface area contributed by atoms with E-state index in [0.29, 0.717) is 0 Å². The van der Waals surface area contributed by atoms with Gasteiger partial charge in [0.1, 0.15) is 0 Å². The first-order valence-electron chi connectivity index (χ1n) is 6.75. The highest BCUT2D eigenvalue weighted by Gasteiger charge is 2.20. The molecule has 1 unspecified atom stereocenters. The minimum atomic E-state index is 0.946. The van der Waals surface area contributed by atoms with Gasteiger partial charge in [-0.2, -0.15) is 0 Å². The van der Waals surface area contributed by atoms with Crippen LogP contribution in [0.25, 0.3) is 0 Å². The normalized spacial score (nSPS) is 31.4. The van der Waals surface area contributed by atoms with Gasteiger partial charge in [0.2, 0.25) is 0 Å². The lowest BCUT2D eigenvalue weighted by atomic mass is 9.98. The van der Waals surface area contributed by atoms with Crippen LogP contribution in [0.4, 0.5) is 0 Å². The molecule has 2 aliphatic heterocycles. The van der Waals surface area contributed by atoms with Crippen LogP contribution in [-0.4, -0.2) is 49.6 Å². The van der Waals surface area contributed by atoms with E-state index in [1.54, 1.807) is 0 Å². The molecule has 0 bridgehead atoms. The molecule has 2 aliphatic rings. The Kier molecular flexibility index (Phi) is 4.45. The van der Waals surface area contributed by atoms with Crippen LogP contribution < -0.4 is 0 Å². The van der Waals surface area contributed by atoms with Crippen LogP contribution >= 0.6 is 0 Å². The van der Waals surface area contributed by atoms with Gasteiger partial charge in [-0.15, -0.1) is 0 Å². The second-order valence-electron chi connectivity index (χ2n) is 5.49. The standard InChI is InChI=1S/C13H26N2/c1-14-8-6-7-13(11-14)12-15-9-4-2-3-5-10-15/h13H,2-12H2,1H3. The molecular formula is C13H26N2. The monoisotopic (exact) mass is 210 g/mol. The van der Waals surface area contributed by atoms with Crippen molar-refractivity contribution in [1.29, 1.82) is 0 Å². The van der Waals surface area contributed by atoms with Gasteiger partial charge in [0.15, 0.2) is 0 Å². The maximum Gasteiger partial charge on any atom is 0.00219 e. The van der Waals surface area contributed by atoms with E-state index in [4.69, 9.17) is 0 Å². The van der Waals surface area contributed by atoms with Crippen LogP contribution in [0.3, 0.4) is 0 Å². The lowest BCUT2D eigenvalue weighted by molar-refractivity contribution is 0.154. The molecule has 0 aromatic rings. The zero-order valence-corrected chi connectivity index (χ0v) is 10.2. The molecule has 0 amide bonds. The minimum absolute atomic E-state index is 0.946. The minimum Gasteiger partial charge on any atom is -0.306 e. The summed E-state index contributed by atoms with van der Waals surface area (Å²) in [6.07, 6.45) is 8.66. The predicted octanol–water partition coefficient (Wildman–Crippen LogP) is 2.20. The van der Waals surface area contributed by atoms with E-state index < -0.39 is 0 Å². The summed E-state index contributed by atoms with van der Waals surface area (Å²) in [6.45, 7) is 6.73. The number of hydrogen-bond donors (Lipinski definition) is 0. The van der Waals surface area contributed by atoms with E-state index in [-0.39, 0.29) is 0 Å². The summed E-state index contributed by atoms with van der Waals surface area (Å²) in [5.74, 6) is 0.946. The molecule has 88 valence electrons. The fourth-order valence-corrected chi connectivity index (χ4v) is 3.11. The van der Waals surface area contributed by atoms with E-state index in [2.05, 4.69) is 16.8 Å². The molecule has 0 radical (unpaired) electrons. The van der Waals surface area contributed by atoms with E-state index in [9.17, 15) is 0 Å². The van der Waals surface area contributed by atoms with Crippen molar-refractivity contribution in [3.05, 3.63) is 0 Å². The third-order valence-electron chi connectivity index (χ3n) is 3.94. The quantitative estimate of drug-likeness (QED) is 0.689. The highest BCUT2D eigenvalue weighted by atomic mass is 15.1. The van der Waals surface area contributed by atoms with Gasteiger partial charge in [-0.25, -0.2) is 0 Å². The summed E-state index contributed by atoms with van der Waals surface area (Å²) in [5, 5.41) is 0. The summed E-state index contributed by atoms with van der Waals surface area (Å²) in [4.78, 5) is 5.23. The zero-order chi connectivity index (χ0) is 10.5. The van der Waals surface area contributed by atoms with Crippen LogP contribution in [0, 0.1) is 5.92 Å². The Balaban J connectivity index is 1.74. The van der Waals surface area contributed by atoms with Crippen molar-refractivity contribution in [2.24, 2.45) is 5.92 Å². The summed E-state index contributed by atoms with van der Waals surface area (Å²) >= 11 is 0. The first-order chi connectivity index (χ1) is 7.34. The van der Waals surface area contributed by atoms with Gasteiger partial charge in [0.05, 0.1) is 0 Å². The maximum atomic E-state index is 2.72. The Hall–Kier alpha value is -0.0800. The molecule has 2 nitrogen and oxygen atoms in total. The molecule has 0 spiro atoms. The van der Waals surface area contributed by atoms with Crippen molar-refractivity contribution in [3.63, 3.8) is 0 Å². The van der Waals surface area contributed by atoms with E-state index in [1.807, 2.05) is 0 Å². The largest absolute Gasteiger partial charge is 0.306 e. The highest BCUT2D eigenvalue weighted by molar-refractivity contribution is 4.75. The van der Waals surface area contributed by atoms with Gasteiger partial charge in [-0.3, -0.25) is 0 Å². The van der Waals surface area contributed by atoms with Gasteiger partial charge in [0, 0.05) is 13.1 Å². The van der Waals surface area contributed by atoms with Gasteiger partial charge in [0.25, 0.3) is 0 Å². The topological polar surface area (TPSA) is 6.48 Å². The Morgan fingerprint density at radius 2 is 1.67 bits per heavy atom. The number of nitrogens with zero attached hydrogens (tertiary/aromatic N) is 2. The molecular weight excluding hydrogens is 184 g/mol. The van der Waals surface area contributed by atoms with Gasteiger partial charge in [-0.1, -0.05) is 12.8 Å². The van der Waals surface area contributed by atoms with E-state index in [1.165, 1.54) is 71.2 Å². The number of piperidine rings is 1. The fraction of sp³-hybridized carbons (Fsp3) is 1.00. The third kappa shape index (κ3) is 3.76. The molecule has 2 rings (SSSR count). The summed E-state index contributed by atoms with van der Waals surface area (Å²) < 4.78 is 0. The molecule has 0 aromatic heterocycles. The molecule has 0 saturated carbocycles. The molecule has 2 saturated heterocycles. The molecule has 2 fully saturated rings. The second-order valence-corrected chi connectivity index (χ2v) is 5.49. The van der Waals surface area contributed by atoms with Crippen molar-refractivity contribution < 1.29 is 0 Å². The van der Waals surface area contributed by atoms with E-state index in [0.717, 1.165) is 5.92 Å². The molecule has 2 heterocycles. The highest BCUT2D eigenvalue weighted by Crippen LogP contribution is 2.18. The van der Waals surface area contributed by atoms with Crippen LogP contribution in [0.2, 0.25) is 0 Å². The molecule has 1 atom stereocenters. The van der Waals surface area contributed by atoms with E-state index >= 15 is 0 Å². The van der Waals surface area contributed by atoms with Crippen molar-refractivity contribution in [2.45, 2.75) is 38.5 Å². The van der Waals surface area contributed by atoms with Crippen LogP contribution in [0.1, 0.15) is 38.5 Å². The van der Waals surface area contributed by atoms with Gasteiger partial charge in [-0.05, 0) is 58.3 Å². The lowest BCUT2D eigenvalue weighted by Crippen LogP contribution is -2.39. The Morgan fingerprint density at radius 3 is 2.33 bits per heavy atom. The average Bonchev–Trinajstić information content (AvgIpc) is 2.46. The predicted molar refractivity (Wildman–Crippen MR) is 65.1 cm³/mol. The van der Waals surface area contributed by atoms with Crippen molar-refractivity contribution >= 4 is 0 Å². The van der Waals surface area contributed by atoms with Crippen molar-refractivity contribution in [1.82, 2.24) is 9.80 Å².